The molecule has 112 valence electrons. The molecule has 5 nitrogen and oxygen atoms in total. The number of benzene rings is 1. The summed E-state index contributed by atoms with van der Waals surface area (Å²) in [4.78, 5) is 11.9. The average Bonchev–Trinajstić information content (AvgIpc) is 2.82. The highest BCUT2D eigenvalue weighted by molar-refractivity contribution is 9.10. The van der Waals surface area contributed by atoms with Crippen LogP contribution in [0.15, 0.2) is 33.3 Å². The highest BCUT2D eigenvalue weighted by Crippen LogP contribution is 2.24. The summed E-state index contributed by atoms with van der Waals surface area (Å²) < 4.78 is 6.22. The maximum Gasteiger partial charge on any atom is 0.324 e. The summed E-state index contributed by atoms with van der Waals surface area (Å²) in [6.45, 7) is 8.01. The Morgan fingerprint density at radius 2 is 1.95 bits per heavy atom. The molecule has 0 aliphatic carbocycles. The Balaban J connectivity index is 2.01. The van der Waals surface area contributed by atoms with E-state index >= 15 is 0 Å². The molecule has 0 spiro atoms. The van der Waals surface area contributed by atoms with Gasteiger partial charge in [-0.05, 0) is 30.7 Å². The first-order valence-corrected chi connectivity index (χ1v) is 7.36. The average molecular weight is 352 g/mol. The summed E-state index contributed by atoms with van der Waals surface area (Å²) in [5.74, 6) is 1.11. The molecular formula is C15H18BrN3O2. The molecule has 2 N–H and O–H groups in total. The maximum atomic E-state index is 11.9. The lowest BCUT2D eigenvalue weighted by Gasteiger charge is -2.12. The van der Waals surface area contributed by atoms with E-state index in [1.165, 1.54) is 0 Å². The number of rotatable bonds is 2. The molecule has 21 heavy (non-hydrogen) atoms. The molecule has 0 radical (unpaired) electrons. The molecule has 1 heterocycles. The molecule has 0 aliphatic heterocycles. The standard InChI is InChI=1S/C15H18BrN3O2/c1-9-7-10(5-6-11(9)16)17-14(20)18-13-8-12(21-19-13)15(2,3)4/h5-8H,1-4H3,(H2,17,18,19,20). The van der Waals surface area contributed by atoms with Gasteiger partial charge in [-0.2, -0.15) is 0 Å². The Morgan fingerprint density at radius 1 is 1.24 bits per heavy atom. The van der Waals surface area contributed by atoms with Crippen molar-refractivity contribution in [3.63, 3.8) is 0 Å². The van der Waals surface area contributed by atoms with Crippen LogP contribution in [0.3, 0.4) is 0 Å². The first kappa shape index (κ1) is 15.6. The quantitative estimate of drug-likeness (QED) is 0.824. The van der Waals surface area contributed by atoms with E-state index in [1.807, 2.05) is 45.9 Å². The van der Waals surface area contributed by atoms with E-state index < -0.39 is 0 Å². The minimum Gasteiger partial charge on any atom is -0.359 e. The minimum absolute atomic E-state index is 0.147. The van der Waals surface area contributed by atoms with Gasteiger partial charge >= 0.3 is 6.03 Å². The lowest BCUT2D eigenvalue weighted by atomic mass is 9.93. The van der Waals surface area contributed by atoms with Crippen LogP contribution in [0.5, 0.6) is 0 Å². The molecule has 1 aromatic carbocycles. The third-order valence-corrected chi connectivity index (χ3v) is 3.80. The smallest absolute Gasteiger partial charge is 0.324 e. The third-order valence-electron chi connectivity index (χ3n) is 2.91. The number of nitrogens with zero attached hydrogens (tertiary/aromatic N) is 1. The molecule has 0 saturated heterocycles. The van der Waals surface area contributed by atoms with Crippen molar-refractivity contribution < 1.29 is 9.32 Å². The third kappa shape index (κ3) is 4.07. The first-order valence-electron chi connectivity index (χ1n) is 6.57. The van der Waals surface area contributed by atoms with Crippen LogP contribution in [0.25, 0.3) is 0 Å². The molecule has 0 fully saturated rings. The van der Waals surface area contributed by atoms with Crippen molar-refractivity contribution in [2.24, 2.45) is 0 Å². The Morgan fingerprint density at radius 3 is 2.52 bits per heavy atom. The summed E-state index contributed by atoms with van der Waals surface area (Å²) in [5, 5.41) is 9.25. The number of amides is 2. The van der Waals surface area contributed by atoms with Gasteiger partial charge in [0.1, 0.15) is 5.76 Å². The number of anilines is 2. The summed E-state index contributed by atoms with van der Waals surface area (Å²) in [5.41, 5.74) is 1.61. The van der Waals surface area contributed by atoms with Crippen molar-refractivity contribution >= 4 is 33.5 Å². The van der Waals surface area contributed by atoms with Crippen LogP contribution in [0, 0.1) is 6.92 Å². The van der Waals surface area contributed by atoms with E-state index in [0.717, 1.165) is 15.8 Å². The number of carbonyl (C=O) groups is 1. The minimum atomic E-state index is -0.356. The molecule has 0 saturated carbocycles. The van der Waals surface area contributed by atoms with Crippen LogP contribution in [0.4, 0.5) is 16.3 Å². The zero-order valence-electron chi connectivity index (χ0n) is 12.5. The largest absolute Gasteiger partial charge is 0.359 e. The Kier molecular flexibility index (Phi) is 4.37. The molecule has 2 amide bonds. The number of nitrogens with one attached hydrogen (secondary N) is 2. The van der Waals surface area contributed by atoms with Gasteiger partial charge in [0.2, 0.25) is 0 Å². The SMILES string of the molecule is Cc1cc(NC(=O)Nc2cc(C(C)(C)C)on2)ccc1Br. The lowest BCUT2D eigenvalue weighted by Crippen LogP contribution is -2.19. The monoisotopic (exact) mass is 351 g/mol. The number of hydrogen-bond donors (Lipinski definition) is 2. The van der Waals surface area contributed by atoms with Gasteiger partial charge in [0.05, 0.1) is 0 Å². The number of halogens is 1. The van der Waals surface area contributed by atoms with Crippen molar-refractivity contribution in [1.29, 1.82) is 0 Å². The molecule has 0 aliphatic rings. The second-order valence-electron chi connectivity index (χ2n) is 5.87. The van der Waals surface area contributed by atoms with E-state index in [9.17, 15) is 4.79 Å². The molecule has 1 aromatic heterocycles. The number of aromatic nitrogens is 1. The van der Waals surface area contributed by atoms with E-state index in [0.29, 0.717) is 11.5 Å². The van der Waals surface area contributed by atoms with E-state index in [1.54, 1.807) is 6.07 Å². The molecule has 2 aromatic rings. The van der Waals surface area contributed by atoms with Gasteiger partial charge in [-0.1, -0.05) is 41.9 Å². The van der Waals surface area contributed by atoms with E-state index in [-0.39, 0.29) is 11.4 Å². The highest BCUT2D eigenvalue weighted by atomic mass is 79.9. The summed E-state index contributed by atoms with van der Waals surface area (Å²) in [6.07, 6.45) is 0. The Labute approximate surface area is 132 Å². The normalized spacial score (nSPS) is 11.3. The fraction of sp³-hybridized carbons (Fsp3) is 0.333. The van der Waals surface area contributed by atoms with Gasteiger partial charge in [0, 0.05) is 21.6 Å². The molecule has 0 unspecified atom stereocenters. The van der Waals surface area contributed by atoms with Gasteiger partial charge in [-0.15, -0.1) is 0 Å². The van der Waals surface area contributed by atoms with E-state index in [4.69, 9.17) is 4.52 Å². The van der Waals surface area contributed by atoms with Crippen LogP contribution in [-0.2, 0) is 5.41 Å². The van der Waals surface area contributed by atoms with Crippen molar-refractivity contribution in [3.8, 4) is 0 Å². The highest BCUT2D eigenvalue weighted by Gasteiger charge is 2.20. The summed E-state index contributed by atoms with van der Waals surface area (Å²) in [7, 11) is 0. The van der Waals surface area contributed by atoms with Crippen LogP contribution in [-0.4, -0.2) is 11.2 Å². The zero-order chi connectivity index (χ0) is 15.6. The van der Waals surface area contributed by atoms with E-state index in [2.05, 4.69) is 31.7 Å². The van der Waals surface area contributed by atoms with Crippen LogP contribution < -0.4 is 10.6 Å². The van der Waals surface area contributed by atoms with Crippen LogP contribution >= 0.6 is 15.9 Å². The molecule has 6 heteroatoms. The fourth-order valence-corrected chi connectivity index (χ4v) is 1.94. The molecule has 0 bridgehead atoms. The number of hydrogen-bond acceptors (Lipinski definition) is 3. The van der Waals surface area contributed by atoms with Crippen LogP contribution in [0.2, 0.25) is 0 Å². The van der Waals surface area contributed by atoms with Crippen molar-refractivity contribution in [2.45, 2.75) is 33.1 Å². The zero-order valence-corrected chi connectivity index (χ0v) is 14.0. The summed E-state index contributed by atoms with van der Waals surface area (Å²) in [6, 6.07) is 6.96. The van der Waals surface area contributed by atoms with Gasteiger partial charge in [0.15, 0.2) is 5.82 Å². The second kappa shape index (κ2) is 5.89. The predicted octanol–water partition coefficient (Wildman–Crippen LogP) is 4.69. The van der Waals surface area contributed by atoms with Crippen molar-refractivity contribution in [1.82, 2.24) is 5.16 Å². The van der Waals surface area contributed by atoms with Crippen molar-refractivity contribution in [2.75, 3.05) is 10.6 Å². The second-order valence-corrected chi connectivity index (χ2v) is 6.72. The summed E-state index contributed by atoms with van der Waals surface area (Å²) >= 11 is 3.42. The fourth-order valence-electron chi connectivity index (χ4n) is 1.69. The number of carbonyl (C=O) groups excluding carboxylic acids is 1. The van der Waals surface area contributed by atoms with Gasteiger partial charge in [0.25, 0.3) is 0 Å². The van der Waals surface area contributed by atoms with Crippen LogP contribution in [0.1, 0.15) is 32.1 Å². The number of urea groups is 1. The topological polar surface area (TPSA) is 67.2 Å². The maximum absolute atomic E-state index is 11.9. The van der Waals surface area contributed by atoms with Crippen molar-refractivity contribution in [3.05, 3.63) is 40.1 Å². The lowest BCUT2D eigenvalue weighted by molar-refractivity contribution is 0.262. The van der Waals surface area contributed by atoms with Gasteiger partial charge in [-0.25, -0.2) is 4.79 Å². The first-order chi connectivity index (χ1) is 9.75. The number of aryl methyl sites for hydroxylation is 1. The Hall–Kier alpha value is -1.82. The molecule has 2 rings (SSSR count). The Bertz CT molecular complexity index is 659. The van der Waals surface area contributed by atoms with Gasteiger partial charge < -0.3 is 9.84 Å². The van der Waals surface area contributed by atoms with Gasteiger partial charge in [-0.3, -0.25) is 5.32 Å². The molecule has 0 atom stereocenters. The molecular weight excluding hydrogens is 334 g/mol. The predicted molar refractivity (Wildman–Crippen MR) is 86.7 cm³/mol.